The summed E-state index contributed by atoms with van der Waals surface area (Å²) in [4.78, 5) is 32.4. The van der Waals surface area contributed by atoms with Crippen LogP contribution in [0.1, 0.15) is 20.7 Å². The zero-order chi connectivity index (χ0) is 16.6. The zero-order valence-electron chi connectivity index (χ0n) is 12.4. The Morgan fingerprint density at radius 2 is 1.52 bits per heavy atom. The first-order chi connectivity index (χ1) is 11.1. The van der Waals surface area contributed by atoms with Crippen LogP contribution in [0.3, 0.4) is 0 Å². The van der Waals surface area contributed by atoms with Gasteiger partial charge in [-0.25, -0.2) is 19.6 Å². The quantitative estimate of drug-likeness (QED) is 0.571. The van der Waals surface area contributed by atoms with Crippen molar-refractivity contribution in [3.8, 4) is 5.75 Å². The van der Waals surface area contributed by atoms with Gasteiger partial charge in [-0.3, -0.25) is 0 Å². The van der Waals surface area contributed by atoms with E-state index >= 15 is 0 Å². The highest BCUT2D eigenvalue weighted by molar-refractivity contribution is 6.08. The molecule has 0 unspecified atom stereocenters. The van der Waals surface area contributed by atoms with Crippen LogP contribution in [0.5, 0.6) is 5.75 Å². The minimum Gasteiger partial charge on any atom is -0.506 e. The van der Waals surface area contributed by atoms with Crippen LogP contribution in [-0.4, -0.2) is 41.2 Å². The highest BCUT2D eigenvalue weighted by atomic mass is 16.5. The number of nitrogens with zero attached hydrogens (tertiary/aromatic N) is 2. The number of fused-ring (bicyclic) bond motifs is 2. The van der Waals surface area contributed by atoms with Crippen LogP contribution in [0.4, 0.5) is 0 Å². The molecule has 0 atom stereocenters. The average molecular weight is 312 g/mol. The van der Waals surface area contributed by atoms with Gasteiger partial charge in [0.1, 0.15) is 22.3 Å². The van der Waals surface area contributed by atoms with Crippen molar-refractivity contribution in [2.75, 3.05) is 14.2 Å². The molecule has 0 fully saturated rings. The van der Waals surface area contributed by atoms with E-state index in [1.165, 1.54) is 26.4 Å². The standard InChI is InChI=1S/C16H12N2O5/c1-22-15(20)8-4-3-5-10-12(8)18-14-11(19)7-6-9(13(14)17-10)16(21)23-2/h3-7,19H,1-2H3. The number of carbonyl (C=O) groups is 2. The van der Waals surface area contributed by atoms with Gasteiger partial charge in [-0.15, -0.1) is 0 Å². The number of methoxy groups -OCH3 is 2. The van der Waals surface area contributed by atoms with Gasteiger partial charge in [0.05, 0.1) is 30.9 Å². The van der Waals surface area contributed by atoms with Gasteiger partial charge in [0, 0.05) is 0 Å². The van der Waals surface area contributed by atoms with E-state index in [0.717, 1.165) is 0 Å². The van der Waals surface area contributed by atoms with Crippen molar-refractivity contribution < 1.29 is 24.2 Å². The third kappa shape index (κ3) is 2.32. The Balaban J connectivity index is 2.42. The summed E-state index contributed by atoms with van der Waals surface area (Å²) in [6, 6.07) is 7.58. The number of carbonyl (C=O) groups excluding carboxylic acids is 2. The van der Waals surface area contributed by atoms with E-state index < -0.39 is 11.9 Å². The van der Waals surface area contributed by atoms with E-state index in [1.807, 2.05) is 0 Å². The maximum absolute atomic E-state index is 11.9. The lowest BCUT2D eigenvalue weighted by molar-refractivity contribution is 0.0593. The molecule has 7 heteroatoms. The van der Waals surface area contributed by atoms with E-state index in [-0.39, 0.29) is 33.4 Å². The predicted octanol–water partition coefficient (Wildman–Crippen LogP) is 2.06. The molecule has 3 rings (SSSR count). The van der Waals surface area contributed by atoms with Crippen molar-refractivity contribution in [3.63, 3.8) is 0 Å². The van der Waals surface area contributed by atoms with Gasteiger partial charge in [-0.05, 0) is 24.3 Å². The van der Waals surface area contributed by atoms with Crippen LogP contribution in [0, 0.1) is 0 Å². The van der Waals surface area contributed by atoms with Crippen LogP contribution in [0.15, 0.2) is 30.3 Å². The third-order valence-electron chi connectivity index (χ3n) is 3.41. The van der Waals surface area contributed by atoms with Crippen molar-refractivity contribution in [2.24, 2.45) is 0 Å². The molecule has 2 aromatic carbocycles. The molecule has 0 spiro atoms. The molecule has 1 heterocycles. The Kier molecular flexibility index (Phi) is 3.53. The summed E-state index contributed by atoms with van der Waals surface area (Å²) in [5.41, 5.74) is 1.39. The zero-order valence-corrected chi connectivity index (χ0v) is 12.4. The summed E-state index contributed by atoms with van der Waals surface area (Å²) in [6.45, 7) is 0. The molecule has 0 bridgehead atoms. The molecule has 1 N–H and O–H groups in total. The fourth-order valence-corrected chi connectivity index (χ4v) is 2.31. The molecule has 0 saturated carbocycles. The first kappa shape index (κ1) is 14.7. The summed E-state index contributed by atoms with van der Waals surface area (Å²) in [6.07, 6.45) is 0. The Hall–Kier alpha value is -3.22. The van der Waals surface area contributed by atoms with E-state index in [2.05, 4.69) is 9.97 Å². The molecular formula is C16H12N2O5. The van der Waals surface area contributed by atoms with Crippen molar-refractivity contribution in [1.82, 2.24) is 9.97 Å². The normalized spacial score (nSPS) is 10.7. The highest BCUT2D eigenvalue weighted by Gasteiger charge is 2.19. The Morgan fingerprint density at radius 3 is 2.17 bits per heavy atom. The molecule has 0 radical (unpaired) electrons. The number of rotatable bonds is 2. The number of hydrogen-bond acceptors (Lipinski definition) is 7. The Labute approximate surface area is 130 Å². The average Bonchev–Trinajstić information content (AvgIpc) is 2.59. The SMILES string of the molecule is COC(=O)c1cccc2nc3c(C(=O)OC)ccc(O)c3nc12. The van der Waals surface area contributed by atoms with Crippen LogP contribution in [0.2, 0.25) is 0 Å². The topological polar surface area (TPSA) is 98.6 Å². The third-order valence-corrected chi connectivity index (χ3v) is 3.41. The van der Waals surface area contributed by atoms with Crippen molar-refractivity contribution in [3.05, 3.63) is 41.5 Å². The van der Waals surface area contributed by atoms with Gasteiger partial charge in [-0.1, -0.05) is 6.07 Å². The van der Waals surface area contributed by atoms with Crippen molar-refractivity contribution in [1.29, 1.82) is 0 Å². The van der Waals surface area contributed by atoms with Crippen molar-refractivity contribution >= 4 is 34.0 Å². The van der Waals surface area contributed by atoms with Crippen LogP contribution in [-0.2, 0) is 9.47 Å². The molecular weight excluding hydrogens is 300 g/mol. The van der Waals surface area contributed by atoms with Gasteiger partial charge in [-0.2, -0.15) is 0 Å². The summed E-state index contributed by atoms with van der Waals surface area (Å²) < 4.78 is 9.44. The Bertz CT molecular complexity index is 952. The summed E-state index contributed by atoms with van der Waals surface area (Å²) in [5.74, 6) is -1.30. The number of para-hydroxylation sites is 1. The molecule has 1 aromatic heterocycles. The number of aromatic nitrogens is 2. The molecule has 0 amide bonds. The maximum Gasteiger partial charge on any atom is 0.340 e. The van der Waals surface area contributed by atoms with Gasteiger partial charge < -0.3 is 14.6 Å². The smallest absolute Gasteiger partial charge is 0.340 e. The fraction of sp³-hybridized carbons (Fsp3) is 0.125. The number of esters is 2. The van der Waals surface area contributed by atoms with Gasteiger partial charge in [0.25, 0.3) is 0 Å². The second-order valence-corrected chi connectivity index (χ2v) is 4.71. The minimum absolute atomic E-state index is 0.108. The fourth-order valence-electron chi connectivity index (χ4n) is 2.31. The maximum atomic E-state index is 11.9. The largest absolute Gasteiger partial charge is 0.506 e. The summed E-state index contributed by atoms with van der Waals surface area (Å²) in [5, 5.41) is 10.0. The van der Waals surface area contributed by atoms with E-state index in [1.54, 1.807) is 18.2 Å². The number of hydrogen-bond donors (Lipinski definition) is 1. The van der Waals surface area contributed by atoms with Gasteiger partial charge in [0.2, 0.25) is 0 Å². The summed E-state index contributed by atoms with van der Waals surface area (Å²) >= 11 is 0. The second kappa shape index (κ2) is 5.53. The molecule has 0 aliphatic rings. The van der Waals surface area contributed by atoms with Crippen molar-refractivity contribution in [2.45, 2.75) is 0 Å². The van der Waals surface area contributed by atoms with E-state index in [9.17, 15) is 14.7 Å². The highest BCUT2D eigenvalue weighted by Crippen LogP contribution is 2.28. The number of benzene rings is 2. The lowest BCUT2D eigenvalue weighted by Crippen LogP contribution is -2.06. The van der Waals surface area contributed by atoms with Gasteiger partial charge in [0.15, 0.2) is 0 Å². The molecule has 7 nitrogen and oxygen atoms in total. The molecule has 3 aromatic rings. The number of ether oxygens (including phenoxy) is 2. The molecule has 0 aliphatic carbocycles. The van der Waals surface area contributed by atoms with Crippen LogP contribution in [0.25, 0.3) is 22.1 Å². The first-order valence-electron chi connectivity index (χ1n) is 6.66. The lowest BCUT2D eigenvalue weighted by Gasteiger charge is -2.09. The molecule has 0 aliphatic heterocycles. The first-order valence-corrected chi connectivity index (χ1v) is 6.66. The monoisotopic (exact) mass is 312 g/mol. The van der Waals surface area contributed by atoms with Gasteiger partial charge >= 0.3 is 11.9 Å². The number of phenolic OH excluding ortho intramolecular Hbond substituents is 1. The predicted molar refractivity (Wildman–Crippen MR) is 81.4 cm³/mol. The van der Waals surface area contributed by atoms with E-state index in [4.69, 9.17) is 9.47 Å². The minimum atomic E-state index is -0.590. The molecule has 23 heavy (non-hydrogen) atoms. The molecule has 0 saturated heterocycles. The lowest BCUT2D eigenvalue weighted by atomic mass is 10.1. The molecule has 116 valence electrons. The Morgan fingerprint density at radius 1 is 0.870 bits per heavy atom. The number of aromatic hydroxyl groups is 1. The van der Waals surface area contributed by atoms with E-state index in [0.29, 0.717) is 5.52 Å². The van der Waals surface area contributed by atoms with Crippen LogP contribution >= 0.6 is 0 Å². The number of phenols is 1. The van der Waals surface area contributed by atoms with Crippen LogP contribution < -0.4 is 0 Å². The second-order valence-electron chi connectivity index (χ2n) is 4.71. The summed E-state index contributed by atoms with van der Waals surface area (Å²) in [7, 11) is 2.52.